The minimum absolute atomic E-state index is 0.413. The molecule has 3 N–H and O–H groups in total. The molecule has 5 nitrogen and oxygen atoms in total. The number of hydrogen-bond donors (Lipinski definition) is 2. The molecule has 1 fully saturated rings. The maximum atomic E-state index is 11.2. The summed E-state index contributed by atoms with van der Waals surface area (Å²) in [4.78, 5) is 13.5. The Morgan fingerprint density at radius 2 is 2.11 bits per heavy atom. The molecule has 1 aliphatic heterocycles. The first-order valence-corrected chi connectivity index (χ1v) is 6.02. The van der Waals surface area contributed by atoms with Crippen molar-refractivity contribution in [3.05, 3.63) is 30.0 Å². The van der Waals surface area contributed by atoms with Crippen LogP contribution in [0, 0.1) is 0 Å². The number of primary amides is 1. The molecule has 5 heteroatoms. The van der Waals surface area contributed by atoms with Gasteiger partial charge in [0.05, 0.1) is 5.69 Å². The van der Waals surface area contributed by atoms with E-state index in [1.807, 2.05) is 0 Å². The monoisotopic (exact) mass is 245 g/mol. The summed E-state index contributed by atoms with van der Waals surface area (Å²) in [6.45, 7) is 3.80. The maximum Gasteiger partial charge on any atom is 0.248 e. The van der Waals surface area contributed by atoms with Crippen molar-refractivity contribution in [2.24, 2.45) is 5.73 Å². The molecule has 0 atom stereocenters. The van der Waals surface area contributed by atoms with Gasteiger partial charge in [-0.05, 0) is 18.2 Å². The maximum absolute atomic E-state index is 11.2. The van der Waals surface area contributed by atoms with Gasteiger partial charge in [-0.25, -0.2) is 0 Å². The Labute approximate surface area is 105 Å². The molecule has 0 spiro atoms. The van der Waals surface area contributed by atoms with Gasteiger partial charge in [-0.3, -0.25) is 4.79 Å². The van der Waals surface area contributed by atoms with Crippen molar-refractivity contribution in [1.82, 2.24) is 5.32 Å². The molecule has 0 saturated carbocycles. The highest BCUT2D eigenvalue weighted by Crippen LogP contribution is 2.30. The molecule has 0 unspecified atom stereocenters. The van der Waals surface area contributed by atoms with E-state index in [0.29, 0.717) is 5.56 Å². The number of piperazine rings is 1. The molecule has 0 radical (unpaired) electrons. The topological polar surface area (TPSA) is 71.5 Å². The van der Waals surface area contributed by atoms with Crippen molar-refractivity contribution in [2.75, 3.05) is 31.1 Å². The lowest BCUT2D eigenvalue weighted by Gasteiger charge is -2.28. The lowest BCUT2D eigenvalue weighted by molar-refractivity contribution is 0.100. The van der Waals surface area contributed by atoms with Gasteiger partial charge in [0.15, 0.2) is 0 Å². The number of anilines is 1. The number of hydrogen-bond acceptors (Lipinski definition) is 4. The smallest absolute Gasteiger partial charge is 0.248 e. The van der Waals surface area contributed by atoms with E-state index in [1.54, 1.807) is 24.5 Å². The van der Waals surface area contributed by atoms with E-state index >= 15 is 0 Å². The van der Waals surface area contributed by atoms with E-state index in [9.17, 15) is 4.79 Å². The number of carbonyl (C=O) groups is 1. The van der Waals surface area contributed by atoms with Gasteiger partial charge in [-0.1, -0.05) is 0 Å². The highest BCUT2D eigenvalue weighted by molar-refractivity contribution is 6.00. The van der Waals surface area contributed by atoms with Gasteiger partial charge < -0.3 is 20.4 Å². The third-order valence-electron chi connectivity index (χ3n) is 3.30. The standard InChI is InChI=1S/C13H15N3O2/c14-13(17)9-1-2-12-10(7-9)11(8-18-12)16-5-3-15-4-6-16/h1-2,7-8,15H,3-6H2,(H2,14,17). The third-order valence-corrected chi connectivity index (χ3v) is 3.30. The summed E-state index contributed by atoms with van der Waals surface area (Å²) >= 11 is 0. The Balaban J connectivity index is 2.05. The number of carbonyl (C=O) groups excluding carboxylic acids is 1. The van der Waals surface area contributed by atoms with Crippen LogP contribution in [0.25, 0.3) is 11.0 Å². The molecule has 1 aliphatic rings. The first-order chi connectivity index (χ1) is 8.75. The Bertz CT molecular complexity index is 585. The zero-order valence-electron chi connectivity index (χ0n) is 9.98. The van der Waals surface area contributed by atoms with Crippen LogP contribution in [0.3, 0.4) is 0 Å². The Hall–Kier alpha value is -2.01. The first-order valence-electron chi connectivity index (χ1n) is 6.02. The van der Waals surface area contributed by atoms with Crippen LogP contribution in [0.5, 0.6) is 0 Å². The first kappa shape index (κ1) is 11.1. The summed E-state index contributed by atoms with van der Waals surface area (Å²) in [5.41, 5.74) is 7.65. The lowest BCUT2D eigenvalue weighted by atomic mass is 10.1. The predicted octanol–water partition coefficient (Wildman–Crippen LogP) is 0.941. The average Bonchev–Trinajstić information content (AvgIpc) is 2.82. The molecular weight excluding hydrogens is 230 g/mol. The van der Waals surface area contributed by atoms with Gasteiger partial charge in [-0.2, -0.15) is 0 Å². The normalized spacial score (nSPS) is 16.1. The van der Waals surface area contributed by atoms with E-state index in [-0.39, 0.29) is 0 Å². The number of nitrogens with two attached hydrogens (primary N) is 1. The summed E-state index contributed by atoms with van der Waals surface area (Å²) in [6, 6.07) is 5.29. The number of furan rings is 1. The second kappa shape index (κ2) is 4.34. The zero-order valence-corrected chi connectivity index (χ0v) is 9.98. The number of nitrogens with one attached hydrogen (secondary N) is 1. The van der Waals surface area contributed by atoms with Crippen molar-refractivity contribution in [3.8, 4) is 0 Å². The highest BCUT2D eigenvalue weighted by Gasteiger charge is 2.16. The van der Waals surface area contributed by atoms with E-state index in [2.05, 4.69) is 10.2 Å². The molecule has 0 bridgehead atoms. The summed E-state index contributed by atoms with van der Waals surface area (Å²) < 4.78 is 5.52. The van der Waals surface area contributed by atoms with Crippen molar-refractivity contribution >= 4 is 22.6 Å². The minimum atomic E-state index is -0.413. The summed E-state index contributed by atoms with van der Waals surface area (Å²) in [5.74, 6) is -0.413. The van der Waals surface area contributed by atoms with Crippen molar-refractivity contribution in [1.29, 1.82) is 0 Å². The molecule has 1 saturated heterocycles. The van der Waals surface area contributed by atoms with Gasteiger partial charge in [0.2, 0.25) is 5.91 Å². The Morgan fingerprint density at radius 3 is 2.83 bits per heavy atom. The third kappa shape index (κ3) is 1.82. The summed E-state index contributed by atoms with van der Waals surface area (Å²) in [7, 11) is 0. The van der Waals surface area contributed by atoms with Gasteiger partial charge in [-0.15, -0.1) is 0 Å². The number of amides is 1. The van der Waals surface area contributed by atoms with Crippen LogP contribution in [0.15, 0.2) is 28.9 Å². The SMILES string of the molecule is NC(=O)c1ccc2occ(N3CCNCC3)c2c1. The van der Waals surface area contributed by atoms with Crippen LogP contribution >= 0.6 is 0 Å². The molecule has 2 aromatic rings. The minimum Gasteiger partial charge on any atom is -0.462 e. The number of nitrogens with zero attached hydrogens (tertiary/aromatic N) is 1. The lowest BCUT2D eigenvalue weighted by Crippen LogP contribution is -2.43. The van der Waals surface area contributed by atoms with Crippen LogP contribution < -0.4 is 16.0 Å². The Kier molecular flexibility index (Phi) is 2.68. The van der Waals surface area contributed by atoms with E-state index in [0.717, 1.165) is 42.8 Å². The van der Waals surface area contributed by atoms with Gasteiger partial charge in [0.1, 0.15) is 11.8 Å². The highest BCUT2D eigenvalue weighted by atomic mass is 16.3. The van der Waals surface area contributed by atoms with Crippen LogP contribution in [-0.4, -0.2) is 32.1 Å². The summed E-state index contributed by atoms with van der Waals surface area (Å²) in [5, 5.41) is 4.26. The van der Waals surface area contributed by atoms with Crippen LogP contribution in [0.1, 0.15) is 10.4 Å². The number of fused-ring (bicyclic) bond motifs is 1. The molecule has 3 rings (SSSR count). The zero-order chi connectivity index (χ0) is 12.5. The van der Waals surface area contributed by atoms with E-state index < -0.39 is 5.91 Å². The fourth-order valence-electron chi connectivity index (χ4n) is 2.32. The quantitative estimate of drug-likeness (QED) is 0.826. The molecule has 94 valence electrons. The van der Waals surface area contributed by atoms with Crippen molar-refractivity contribution < 1.29 is 9.21 Å². The predicted molar refractivity (Wildman–Crippen MR) is 69.8 cm³/mol. The molecule has 1 aromatic carbocycles. The second-order valence-corrected chi connectivity index (χ2v) is 4.43. The number of benzene rings is 1. The van der Waals surface area contributed by atoms with Crippen LogP contribution in [-0.2, 0) is 0 Å². The van der Waals surface area contributed by atoms with E-state index in [1.165, 1.54) is 0 Å². The molecule has 2 heterocycles. The van der Waals surface area contributed by atoms with Crippen LogP contribution in [0.4, 0.5) is 5.69 Å². The van der Waals surface area contributed by atoms with Gasteiger partial charge in [0.25, 0.3) is 0 Å². The van der Waals surface area contributed by atoms with Gasteiger partial charge in [0, 0.05) is 37.1 Å². The van der Waals surface area contributed by atoms with Crippen molar-refractivity contribution in [2.45, 2.75) is 0 Å². The molecule has 1 amide bonds. The van der Waals surface area contributed by atoms with Gasteiger partial charge >= 0.3 is 0 Å². The largest absolute Gasteiger partial charge is 0.462 e. The average molecular weight is 245 g/mol. The van der Waals surface area contributed by atoms with E-state index in [4.69, 9.17) is 10.2 Å². The Morgan fingerprint density at radius 1 is 1.33 bits per heavy atom. The summed E-state index contributed by atoms with van der Waals surface area (Å²) in [6.07, 6.45) is 1.75. The molecule has 18 heavy (non-hydrogen) atoms. The molecule has 1 aromatic heterocycles. The second-order valence-electron chi connectivity index (χ2n) is 4.43. The fraction of sp³-hybridized carbons (Fsp3) is 0.308. The number of rotatable bonds is 2. The molecule has 0 aliphatic carbocycles. The molecular formula is C13H15N3O2. The fourth-order valence-corrected chi connectivity index (χ4v) is 2.32. The van der Waals surface area contributed by atoms with Crippen LogP contribution in [0.2, 0.25) is 0 Å². The van der Waals surface area contributed by atoms with Crippen molar-refractivity contribution in [3.63, 3.8) is 0 Å².